The maximum absolute atomic E-state index is 11.9. The molecule has 1 aromatic heterocycles. The van der Waals surface area contributed by atoms with Crippen LogP contribution in [-0.2, 0) is 6.54 Å². The first kappa shape index (κ1) is 15.0. The molecule has 0 unspecified atom stereocenters. The molecule has 0 fully saturated rings. The fourth-order valence-electron chi connectivity index (χ4n) is 2.49. The summed E-state index contributed by atoms with van der Waals surface area (Å²) in [6.45, 7) is 2.18. The molecule has 1 heterocycles. The number of ether oxygens (including phenoxy) is 1. The number of aromatic nitrogens is 2. The summed E-state index contributed by atoms with van der Waals surface area (Å²) in [6, 6.07) is 17.6. The minimum Gasteiger partial charge on any atom is -0.497 e. The van der Waals surface area contributed by atoms with E-state index < -0.39 is 0 Å². The Hall–Kier alpha value is -2.88. The molecular formula is C19H18N2O2. The second-order valence-corrected chi connectivity index (χ2v) is 5.36. The van der Waals surface area contributed by atoms with E-state index in [1.165, 1.54) is 0 Å². The van der Waals surface area contributed by atoms with Crippen molar-refractivity contribution < 1.29 is 9.53 Å². The third-order valence-electron chi connectivity index (χ3n) is 3.69. The topological polar surface area (TPSA) is 44.1 Å². The Balaban J connectivity index is 1.92. The fourth-order valence-corrected chi connectivity index (χ4v) is 2.49. The first-order chi connectivity index (χ1) is 11.2. The van der Waals surface area contributed by atoms with Gasteiger partial charge in [0.2, 0.25) is 0 Å². The van der Waals surface area contributed by atoms with Crippen molar-refractivity contribution in [2.75, 3.05) is 7.11 Å². The molecule has 0 saturated carbocycles. The standard InChI is InChI=1S/C19H18N2O2/c1-14(22)18-13-21(12-15-8-10-17(23-2)11-9-15)20-19(18)16-6-4-3-5-7-16/h3-11,13H,12H2,1-2H3. The molecule has 2 aromatic carbocycles. The molecule has 0 aliphatic rings. The second-order valence-electron chi connectivity index (χ2n) is 5.36. The van der Waals surface area contributed by atoms with E-state index in [1.807, 2.05) is 60.8 Å². The number of carbonyl (C=O) groups is 1. The van der Waals surface area contributed by atoms with Gasteiger partial charge >= 0.3 is 0 Å². The number of rotatable bonds is 5. The summed E-state index contributed by atoms with van der Waals surface area (Å²) in [5.41, 5.74) is 3.42. The molecule has 0 N–H and O–H groups in total. The molecule has 0 bridgehead atoms. The van der Waals surface area contributed by atoms with E-state index in [-0.39, 0.29) is 5.78 Å². The van der Waals surface area contributed by atoms with Gasteiger partial charge in [-0.25, -0.2) is 0 Å². The molecule has 116 valence electrons. The lowest BCUT2D eigenvalue weighted by atomic mass is 10.1. The van der Waals surface area contributed by atoms with Gasteiger partial charge in [0.05, 0.1) is 19.2 Å². The number of benzene rings is 2. The van der Waals surface area contributed by atoms with E-state index in [0.717, 1.165) is 22.6 Å². The number of hydrogen-bond donors (Lipinski definition) is 0. The molecular weight excluding hydrogens is 288 g/mol. The highest BCUT2D eigenvalue weighted by Gasteiger charge is 2.14. The molecule has 23 heavy (non-hydrogen) atoms. The zero-order valence-corrected chi connectivity index (χ0v) is 13.2. The van der Waals surface area contributed by atoms with Crippen LogP contribution >= 0.6 is 0 Å². The molecule has 3 rings (SSSR count). The SMILES string of the molecule is COc1ccc(Cn2cc(C(C)=O)c(-c3ccccc3)n2)cc1. The Kier molecular flexibility index (Phi) is 4.24. The Morgan fingerprint density at radius 1 is 1.09 bits per heavy atom. The van der Waals surface area contributed by atoms with Gasteiger partial charge in [0, 0.05) is 11.8 Å². The summed E-state index contributed by atoms with van der Waals surface area (Å²) >= 11 is 0. The van der Waals surface area contributed by atoms with E-state index in [2.05, 4.69) is 5.10 Å². The Morgan fingerprint density at radius 2 is 1.78 bits per heavy atom. The van der Waals surface area contributed by atoms with Crippen molar-refractivity contribution in [1.29, 1.82) is 0 Å². The van der Waals surface area contributed by atoms with Gasteiger partial charge in [0.15, 0.2) is 5.78 Å². The zero-order valence-electron chi connectivity index (χ0n) is 13.2. The monoisotopic (exact) mass is 306 g/mol. The molecule has 0 amide bonds. The van der Waals surface area contributed by atoms with Gasteiger partial charge in [-0.3, -0.25) is 9.48 Å². The van der Waals surface area contributed by atoms with Gasteiger partial charge in [-0.2, -0.15) is 5.10 Å². The van der Waals surface area contributed by atoms with E-state index in [9.17, 15) is 4.79 Å². The predicted molar refractivity (Wildman–Crippen MR) is 89.8 cm³/mol. The van der Waals surface area contributed by atoms with Crippen LogP contribution in [0.15, 0.2) is 60.8 Å². The van der Waals surface area contributed by atoms with Crippen molar-refractivity contribution in [3.63, 3.8) is 0 Å². The molecule has 0 atom stereocenters. The third kappa shape index (κ3) is 3.31. The first-order valence-corrected chi connectivity index (χ1v) is 7.44. The lowest BCUT2D eigenvalue weighted by Crippen LogP contribution is -2.00. The Bertz CT molecular complexity index is 805. The van der Waals surface area contributed by atoms with Crippen LogP contribution in [0.3, 0.4) is 0 Å². The van der Waals surface area contributed by atoms with Crippen molar-refractivity contribution in [1.82, 2.24) is 9.78 Å². The normalized spacial score (nSPS) is 10.5. The molecule has 3 aromatic rings. The second kappa shape index (κ2) is 6.48. The number of carbonyl (C=O) groups excluding carboxylic acids is 1. The summed E-state index contributed by atoms with van der Waals surface area (Å²) in [5, 5.41) is 4.60. The minimum atomic E-state index is 0.0184. The zero-order chi connectivity index (χ0) is 16.2. The van der Waals surface area contributed by atoms with Crippen LogP contribution in [0.5, 0.6) is 5.75 Å². The molecule has 4 heteroatoms. The number of hydrogen-bond acceptors (Lipinski definition) is 3. The summed E-state index contributed by atoms with van der Waals surface area (Å²) in [5.74, 6) is 0.841. The van der Waals surface area contributed by atoms with Crippen LogP contribution in [0.25, 0.3) is 11.3 Å². The maximum Gasteiger partial charge on any atom is 0.163 e. The molecule has 0 radical (unpaired) electrons. The van der Waals surface area contributed by atoms with Crippen LogP contribution in [0.1, 0.15) is 22.8 Å². The highest BCUT2D eigenvalue weighted by molar-refractivity contribution is 5.99. The predicted octanol–water partition coefficient (Wildman–Crippen LogP) is 3.81. The number of methoxy groups -OCH3 is 1. The highest BCUT2D eigenvalue weighted by atomic mass is 16.5. The third-order valence-corrected chi connectivity index (χ3v) is 3.69. The van der Waals surface area contributed by atoms with E-state index in [1.54, 1.807) is 18.7 Å². The molecule has 0 saturated heterocycles. The number of nitrogens with zero attached hydrogens (tertiary/aromatic N) is 2. The van der Waals surface area contributed by atoms with Crippen molar-refractivity contribution in [2.45, 2.75) is 13.5 Å². The Morgan fingerprint density at radius 3 is 2.39 bits per heavy atom. The van der Waals surface area contributed by atoms with E-state index >= 15 is 0 Å². The van der Waals surface area contributed by atoms with E-state index in [0.29, 0.717) is 12.1 Å². The van der Waals surface area contributed by atoms with Gasteiger partial charge < -0.3 is 4.74 Å². The van der Waals surface area contributed by atoms with Crippen LogP contribution in [-0.4, -0.2) is 22.7 Å². The van der Waals surface area contributed by atoms with Crippen molar-refractivity contribution >= 4 is 5.78 Å². The van der Waals surface area contributed by atoms with Gasteiger partial charge in [-0.05, 0) is 24.6 Å². The van der Waals surface area contributed by atoms with Crippen LogP contribution in [0.2, 0.25) is 0 Å². The van der Waals surface area contributed by atoms with Gasteiger partial charge in [-0.15, -0.1) is 0 Å². The van der Waals surface area contributed by atoms with Crippen LogP contribution in [0.4, 0.5) is 0 Å². The minimum absolute atomic E-state index is 0.0184. The lowest BCUT2D eigenvalue weighted by molar-refractivity contribution is 0.101. The van der Waals surface area contributed by atoms with Crippen LogP contribution in [0, 0.1) is 0 Å². The van der Waals surface area contributed by atoms with Crippen molar-refractivity contribution in [3.05, 3.63) is 71.9 Å². The summed E-state index contributed by atoms with van der Waals surface area (Å²) < 4.78 is 6.97. The van der Waals surface area contributed by atoms with Crippen molar-refractivity contribution in [2.24, 2.45) is 0 Å². The number of ketones is 1. The molecule has 0 spiro atoms. The van der Waals surface area contributed by atoms with Crippen LogP contribution < -0.4 is 4.74 Å². The smallest absolute Gasteiger partial charge is 0.163 e. The number of Topliss-reactive ketones (excluding diaryl/α,β-unsaturated/α-hetero) is 1. The fraction of sp³-hybridized carbons (Fsp3) is 0.158. The van der Waals surface area contributed by atoms with Gasteiger partial charge in [0.1, 0.15) is 11.4 Å². The summed E-state index contributed by atoms with van der Waals surface area (Å²) in [6.07, 6.45) is 1.81. The quantitative estimate of drug-likeness (QED) is 0.673. The molecule has 0 aliphatic heterocycles. The lowest BCUT2D eigenvalue weighted by Gasteiger charge is -2.04. The highest BCUT2D eigenvalue weighted by Crippen LogP contribution is 2.23. The average Bonchev–Trinajstić information content (AvgIpc) is 3.00. The summed E-state index contributed by atoms with van der Waals surface area (Å²) in [4.78, 5) is 11.9. The molecule has 4 nitrogen and oxygen atoms in total. The Labute approximate surface area is 135 Å². The van der Waals surface area contributed by atoms with Gasteiger partial charge in [-0.1, -0.05) is 42.5 Å². The summed E-state index contributed by atoms with van der Waals surface area (Å²) in [7, 11) is 1.65. The molecule has 0 aliphatic carbocycles. The maximum atomic E-state index is 11.9. The van der Waals surface area contributed by atoms with E-state index in [4.69, 9.17) is 4.74 Å². The first-order valence-electron chi connectivity index (χ1n) is 7.44. The average molecular weight is 306 g/mol. The van der Waals surface area contributed by atoms with Gasteiger partial charge in [0.25, 0.3) is 0 Å². The van der Waals surface area contributed by atoms with Crippen molar-refractivity contribution in [3.8, 4) is 17.0 Å². The largest absolute Gasteiger partial charge is 0.497 e.